The number of carbonyl (C=O) groups excluding carboxylic acids is 2. The predicted molar refractivity (Wildman–Crippen MR) is 68.1 cm³/mol. The molecule has 1 saturated carbocycles. The summed E-state index contributed by atoms with van der Waals surface area (Å²) >= 11 is 0. The van der Waals surface area contributed by atoms with Crippen molar-refractivity contribution in [2.45, 2.75) is 38.8 Å². The molecule has 1 heterocycles. The van der Waals surface area contributed by atoms with Gasteiger partial charge in [0.05, 0.1) is 7.11 Å². The first-order chi connectivity index (χ1) is 8.74. The largest absolute Gasteiger partial charge is 0.444 e. The van der Waals surface area contributed by atoms with Crippen LogP contribution in [0, 0.1) is 11.8 Å². The molecular weight excluding hydrogens is 248 g/mol. The van der Waals surface area contributed by atoms with Crippen molar-refractivity contribution >= 4 is 12.0 Å². The lowest BCUT2D eigenvalue weighted by molar-refractivity contribution is -0.174. The molecule has 0 bridgehead atoms. The topological polar surface area (TPSA) is 59.1 Å². The van der Waals surface area contributed by atoms with Gasteiger partial charge in [0.2, 0.25) is 0 Å². The van der Waals surface area contributed by atoms with Crippen molar-refractivity contribution in [2.75, 3.05) is 20.7 Å². The first-order valence-corrected chi connectivity index (χ1v) is 6.56. The number of amides is 2. The van der Waals surface area contributed by atoms with Crippen molar-refractivity contribution in [1.29, 1.82) is 0 Å². The van der Waals surface area contributed by atoms with Crippen LogP contribution in [0.3, 0.4) is 0 Å². The van der Waals surface area contributed by atoms with E-state index in [4.69, 9.17) is 9.57 Å². The molecule has 6 heteroatoms. The Bertz CT molecular complexity index is 391. The number of ether oxygens (including phenoxy) is 1. The smallest absolute Gasteiger partial charge is 0.410 e. The Kier molecular flexibility index (Phi) is 3.47. The summed E-state index contributed by atoms with van der Waals surface area (Å²) in [6, 6.07) is -0.440. The van der Waals surface area contributed by atoms with Crippen LogP contribution in [-0.2, 0) is 14.4 Å². The minimum Gasteiger partial charge on any atom is -0.444 e. The van der Waals surface area contributed by atoms with Gasteiger partial charge in [-0.1, -0.05) is 0 Å². The van der Waals surface area contributed by atoms with Crippen LogP contribution in [0.2, 0.25) is 0 Å². The summed E-state index contributed by atoms with van der Waals surface area (Å²) in [6.07, 6.45) is 0.593. The molecule has 2 fully saturated rings. The highest BCUT2D eigenvalue weighted by Crippen LogP contribution is 2.50. The van der Waals surface area contributed by atoms with E-state index >= 15 is 0 Å². The van der Waals surface area contributed by atoms with Gasteiger partial charge in [0, 0.05) is 13.6 Å². The molecule has 0 aromatic rings. The van der Waals surface area contributed by atoms with Crippen LogP contribution in [0.15, 0.2) is 0 Å². The summed E-state index contributed by atoms with van der Waals surface area (Å²) in [5.74, 6) is 0.516. The molecule has 2 rings (SSSR count). The van der Waals surface area contributed by atoms with Gasteiger partial charge in [-0.25, -0.2) is 9.86 Å². The average Bonchev–Trinajstić information content (AvgIpc) is 2.96. The zero-order valence-corrected chi connectivity index (χ0v) is 12.2. The van der Waals surface area contributed by atoms with Gasteiger partial charge >= 0.3 is 6.09 Å². The molecule has 0 unspecified atom stereocenters. The maximum absolute atomic E-state index is 12.2. The first-order valence-electron chi connectivity index (χ1n) is 6.56. The minimum absolute atomic E-state index is 0.182. The Balaban J connectivity index is 2.08. The number of likely N-dealkylation sites (N-methyl/N-ethyl adjacent to an activating group) is 1. The van der Waals surface area contributed by atoms with E-state index in [2.05, 4.69) is 0 Å². The van der Waals surface area contributed by atoms with Crippen LogP contribution < -0.4 is 0 Å². The van der Waals surface area contributed by atoms with Crippen LogP contribution in [-0.4, -0.2) is 54.3 Å². The number of piperidine rings is 1. The van der Waals surface area contributed by atoms with Gasteiger partial charge in [-0.05, 0) is 39.0 Å². The molecule has 2 amide bonds. The van der Waals surface area contributed by atoms with E-state index in [0.29, 0.717) is 12.5 Å². The molecule has 1 saturated heterocycles. The van der Waals surface area contributed by atoms with Crippen LogP contribution in [0.1, 0.15) is 27.2 Å². The monoisotopic (exact) mass is 270 g/mol. The Morgan fingerprint density at radius 3 is 2.47 bits per heavy atom. The highest BCUT2D eigenvalue weighted by Gasteiger charge is 2.58. The SMILES string of the molecule is CON(C)C(=O)[C@@H]1[C@H]2C[C@H]2CN1C(=O)OC(C)(C)C. The molecule has 1 aliphatic heterocycles. The van der Waals surface area contributed by atoms with E-state index in [1.54, 1.807) is 11.9 Å². The fourth-order valence-corrected chi connectivity index (χ4v) is 2.57. The molecule has 0 N–H and O–H groups in total. The number of hydrogen-bond donors (Lipinski definition) is 0. The number of rotatable bonds is 2. The molecule has 0 aromatic heterocycles. The third-order valence-corrected chi connectivity index (χ3v) is 3.62. The second kappa shape index (κ2) is 4.67. The molecule has 0 spiro atoms. The molecular formula is C13H22N2O4. The normalized spacial score (nSPS) is 28.9. The number of carbonyl (C=O) groups is 2. The minimum atomic E-state index is -0.551. The van der Waals surface area contributed by atoms with Gasteiger partial charge in [0.15, 0.2) is 0 Å². The van der Waals surface area contributed by atoms with E-state index in [1.165, 1.54) is 12.2 Å². The van der Waals surface area contributed by atoms with E-state index in [-0.39, 0.29) is 11.8 Å². The molecule has 108 valence electrons. The van der Waals surface area contributed by atoms with Crippen molar-refractivity contribution in [2.24, 2.45) is 11.8 Å². The van der Waals surface area contributed by atoms with Crippen molar-refractivity contribution < 1.29 is 19.2 Å². The number of hydrogen-bond acceptors (Lipinski definition) is 4. The Labute approximate surface area is 113 Å². The van der Waals surface area contributed by atoms with Crippen LogP contribution in [0.4, 0.5) is 4.79 Å². The number of fused-ring (bicyclic) bond motifs is 1. The second-order valence-electron chi connectivity index (χ2n) is 6.26. The standard InChI is InChI=1S/C13H22N2O4/c1-13(2,3)19-12(17)15-7-8-6-9(8)10(15)11(16)14(4)18-5/h8-10H,6-7H2,1-5H3/t8-,9-,10-/m0/s1. The van der Waals surface area contributed by atoms with Crippen molar-refractivity contribution in [3.63, 3.8) is 0 Å². The molecule has 3 atom stereocenters. The van der Waals surface area contributed by atoms with Gasteiger partial charge in [-0.3, -0.25) is 14.5 Å². The summed E-state index contributed by atoms with van der Waals surface area (Å²) in [7, 11) is 3.00. The maximum atomic E-state index is 12.2. The summed E-state index contributed by atoms with van der Waals surface area (Å²) < 4.78 is 5.36. The lowest BCUT2D eigenvalue weighted by Gasteiger charge is -2.31. The molecule has 0 aromatic carbocycles. The van der Waals surface area contributed by atoms with E-state index < -0.39 is 17.7 Å². The van der Waals surface area contributed by atoms with E-state index in [1.807, 2.05) is 20.8 Å². The summed E-state index contributed by atoms with van der Waals surface area (Å²) in [5.41, 5.74) is -0.551. The van der Waals surface area contributed by atoms with Gasteiger partial charge in [-0.15, -0.1) is 0 Å². The van der Waals surface area contributed by atoms with Crippen molar-refractivity contribution in [3.05, 3.63) is 0 Å². The molecule has 19 heavy (non-hydrogen) atoms. The van der Waals surface area contributed by atoms with Crippen molar-refractivity contribution in [1.82, 2.24) is 9.96 Å². The highest BCUT2D eigenvalue weighted by atomic mass is 16.7. The summed E-state index contributed by atoms with van der Waals surface area (Å²) in [6.45, 7) is 6.06. The first kappa shape index (κ1) is 14.1. The van der Waals surface area contributed by atoms with Gasteiger partial charge in [-0.2, -0.15) is 0 Å². The van der Waals surface area contributed by atoms with Crippen LogP contribution in [0.25, 0.3) is 0 Å². The fraction of sp³-hybridized carbons (Fsp3) is 0.846. The maximum Gasteiger partial charge on any atom is 0.410 e. The van der Waals surface area contributed by atoms with Gasteiger partial charge in [0.25, 0.3) is 5.91 Å². The summed E-state index contributed by atoms with van der Waals surface area (Å²) in [4.78, 5) is 30.9. The van der Waals surface area contributed by atoms with Gasteiger partial charge in [0.1, 0.15) is 11.6 Å². The zero-order chi connectivity index (χ0) is 14.4. The summed E-state index contributed by atoms with van der Waals surface area (Å²) in [5, 5.41) is 1.18. The molecule has 0 radical (unpaired) electrons. The Morgan fingerprint density at radius 2 is 1.95 bits per heavy atom. The number of nitrogens with zero attached hydrogens (tertiary/aromatic N) is 2. The number of likely N-dealkylation sites (tertiary alicyclic amines) is 1. The average molecular weight is 270 g/mol. The van der Waals surface area contributed by atoms with Crippen molar-refractivity contribution in [3.8, 4) is 0 Å². The molecule has 6 nitrogen and oxygen atoms in total. The number of hydroxylamine groups is 2. The second-order valence-corrected chi connectivity index (χ2v) is 6.26. The predicted octanol–water partition coefficient (Wildman–Crippen LogP) is 1.26. The molecule has 1 aliphatic carbocycles. The Morgan fingerprint density at radius 1 is 1.32 bits per heavy atom. The van der Waals surface area contributed by atoms with E-state index in [0.717, 1.165) is 6.42 Å². The lowest BCUT2D eigenvalue weighted by Crippen LogP contribution is -2.49. The fourth-order valence-electron chi connectivity index (χ4n) is 2.57. The molecule has 2 aliphatic rings. The van der Waals surface area contributed by atoms with Gasteiger partial charge < -0.3 is 4.74 Å². The van der Waals surface area contributed by atoms with Crippen LogP contribution in [0.5, 0.6) is 0 Å². The Hall–Kier alpha value is -1.30. The zero-order valence-electron chi connectivity index (χ0n) is 12.2. The highest BCUT2D eigenvalue weighted by molar-refractivity contribution is 5.86. The van der Waals surface area contributed by atoms with Crippen LogP contribution >= 0.6 is 0 Å². The quantitative estimate of drug-likeness (QED) is 0.709. The lowest BCUT2D eigenvalue weighted by atomic mass is 10.1. The third kappa shape index (κ3) is 2.83. The van der Waals surface area contributed by atoms with E-state index in [9.17, 15) is 9.59 Å². The third-order valence-electron chi connectivity index (χ3n) is 3.62.